The number of methoxy groups -OCH3 is 1. The van der Waals surface area contributed by atoms with Gasteiger partial charge in [-0.1, -0.05) is 11.6 Å². The Morgan fingerprint density at radius 2 is 2.12 bits per heavy atom. The minimum Gasteiger partial charge on any atom is -0.494 e. The van der Waals surface area contributed by atoms with Crippen molar-refractivity contribution in [3.8, 4) is 5.75 Å². The molecule has 0 radical (unpaired) electrons. The van der Waals surface area contributed by atoms with Crippen molar-refractivity contribution in [2.24, 2.45) is 0 Å². The van der Waals surface area contributed by atoms with E-state index in [2.05, 4.69) is 10.2 Å². The third-order valence-corrected chi connectivity index (χ3v) is 3.17. The quantitative estimate of drug-likeness (QED) is 0.896. The number of rotatable bonds is 3. The first-order chi connectivity index (χ1) is 8.20. The van der Waals surface area contributed by atoms with E-state index in [0.29, 0.717) is 0 Å². The molecule has 0 aliphatic carbocycles. The lowest BCUT2D eigenvalue weighted by molar-refractivity contribution is 0.233. The molecule has 0 spiro atoms. The van der Waals surface area contributed by atoms with Gasteiger partial charge in [0.1, 0.15) is 0 Å². The zero-order valence-corrected chi connectivity index (χ0v) is 10.6. The molecule has 0 unspecified atom stereocenters. The minimum absolute atomic E-state index is 0.120. The fourth-order valence-electron chi connectivity index (χ4n) is 1.98. The molecule has 2 rings (SSSR count). The van der Waals surface area contributed by atoms with E-state index < -0.39 is 5.82 Å². The first-order valence-corrected chi connectivity index (χ1v) is 6.03. The molecule has 1 N–H and O–H groups in total. The molecule has 0 bridgehead atoms. The van der Waals surface area contributed by atoms with Crippen molar-refractivity contribution in [2.45, 2.75) is 6.54 Å². The Balaban J connectivity index is 2.12. The van der Waals surface area contributed by atoms with Gasteiger partial charge in [-0.15, -0.1) is 0 Å². The van der Waals surface area contributed by atoms with E-state index >= 15 is 0 Å². The minimum atomic E-state index is -0.488. The molecule has 0 saturated carbocycles. The van der Waals surface area contributed by atoms with E-state index in [1.54, 1.807) is 12.1 Å². The largest absolute Gasteiger partial charge is 0.494 e. The van der Waals surface area contributed by atoms with E-state index in [4.69, 9.17) is 16.3 Å². The van der Waals surface area contributed by atoms with Gasteiger partial charge in [0.25, 0.3) is 0 Å². The summed E-state index contributed by atoms with van der Waals surface area (Å²) < 4.78 is 18.4. The van der Waals surface area contributed by atoms with Crippen molar-refractivity contribution in [3.05, 3.63) is 28.5 Å². The van der Waals surface area contributed by atoms with Crippen LogP contribution in [0.1, 0.15) is 5.56 Å². The summed E-state index contributed by atoms with van der Waals surface area (Å²) in [7, 11) is 1.45. The maximum Gasteiger partial charge on any atom is 0.183 e. The lowest BCUT2D eigenvalue weighted by Crippen LogP contribution is -2.42. The molecule has 1 heterocycles. The number of nitrogens with zero attached hydrogens (tertiary/aromatic N) is 1. The number of hydrogen-bond donors (Lipinski definition) is 1. The van der Waals surface area contributed by atoms with Crippen LogP contribution in [-0.2, 0) is 6.54 Å². The van der Waals surface area contributed by atoms with Crippen LogP contribution >= 0.6 is 11.6 Å². The Kier molecular flexibility index (Phi) is 4.20. The van der Waals surface area contributed by atoms with Gasteiger partial charge in [-0.3, -0.25) is 4.90 Å². The summed E-state index contributed by atoms with van der Waals surface area (Å²) in [5, 5.41) is 3.41. The van der Waals surface area contributed by atoms with Gasteiger partial charge in [0.2, 0.25) is 0 Å². The molecule has 3 nitrogen and oxygen atoms in total. The monoisotopic (exact) mass is 258 g/mol. The van der Waals surface area contributed by atoms with Crippen LogP contribution in [0.15, 0.2) is 12.1 Å². The maximum atomic E-state index is 13.5. The second-order valence-corrected chi connectivity index (χ2v) is 4.53. The predicted octanol–water partition coefficient (Wildman–Crippen LogP) is 1.89. The van der Waals surface area contributed by atoms with Crippen LogP contribution in [-0.4, -0.2) is 38.2 Å². The molecule has 1 aromatic carbocycles. The Hall–Kier alpha value is -0.840. The summed E-state index contributed by atoms with van der Waals surface area (Å²) in [5.74, 6) is -0.277. The van der Waals surface area contributed by atoms with Crippen molar-refractivity contribution in [3.63, 3.8) is 0 Å². The van der Waals surface area contributed by atoms with Gasteiger partial charge < -0.3 is 10.1 Å². The first-order valence-electron chi connectivity index (χ1n) is 5.65. The molecule has 0 aromatic heterocycles. The molecule has 1 aliphatic rings. The molecular formula is C12H16ClFN2O. The first kappa shape index (κ1) is 12.6. The molecule has 1 aliphatic heterocycles. The molecule has 1 fully saturated rings. The normalized spacial score (nSPS) is 17.1. The number of halogens is 2. The van der Waals surface area contributed by atoms with Crippen molar-refractivity contribution in [2.75, 3.05) is 33.3 Å². The van der Waals surface area contributed by atoms with E-state index in [1.807, 2.05) is 0 Å². The highest BCUT2D eigenvalue weighted by molar-refractivity contribution is 6.30. The van der Waals surface area contributed by atoms with Crippen LogP contribution in [0.5, 0.6) is 5.75 Å². The standard InChI is InChI=1S/C12H16ClFN2O/c1-17-11-7-9(6-10(13)12(11)14)8-16-4-2-15-3-5-16/h6-7,15H,2-5,8H2,1H3. The number of ether oxygens (including phenoxy) is 1. The molecule has 1 saturated heterocycles. The summed E-state index contributed by atoms with van der Waals surface area (Å²) in [6.45, 7) is 4.75. The predicted molar refractivity (Wildman–Crippen MR) is 66.1 cm³/mol. The molecule has 17 heavy (non-hydrogen) atoms. The highest BCUT2D eigenvalue weighted by atomic mass is 35.5. The van der Waals surface area contributed by atoms with Crippen molar-refractivity contribution in [1.29, 1.82) is 0 Å². The average Bonchev–Trinajstić information content (AvgIpc) is 2.35. The maximum absolute atomic E-state index is 13.5. The molecular weight excluding hydrogens is 243 g/mol. The van der Waals surface area contributed by atoms with Gasteiger partial charge in [-0.25, -0.2) is 4.39 Å². The van der Waals surface area contributed by atoms with E-state index in [-0.39, 0.29) is 10.8 Å². The van der Waals surface area contributed by atoms with Crippen LogP contribution in [0.2, 0.25) is 5.02 Å². The summed E-state index contributed by atoms with van der Waals surface area (Å²) in [5.41, 5.74) is 0.982. The van der Waals surface area contributed by atoms with E-state index in [9.17, 15) is 4.39 Å². The Bertz CT molecular complexity index is 394. The number of benzene rings is 1. The van der Waals surface area contributed by atoms with Crippen LogP contribution in [0.25, 0.3) is 0 Å². The number of piperazine rings is 1. The van der Waals surface area contributed by atoms with Crippen LogP contribution in [0.3, 0.4) is 0 Å². The Morgan fingerprint density at radius 3 is 2.76 bits per heavy atom. The molecule has 0 atom stereocenters. The molecule has 5 heteroatoms. The lowest BCUT2D eigenvalue weighted by Gasteiger charge is -2.27. The second-order valence-electron chi connectivity index (χ2n) is 4.12. The molecule has 94 valence electrons. The zero-order chi connectivity index (χ0) is 12.3. The number of hydrogen-bond acceptors (Lipinski definition) is 3. The lowest BCUT2D eigenvalue weighted by atomic mass is 10.2. The van der Waals surface area contributed by atoms with E-state index in [1.165, 1.54) is 7.11 Å². The highest BCUT2D eigenvalue weighted by Crippen LogP contribution is 2.27. The van der Waals surface area contributed by atoms with Gasteiger partial charge in [0.15, 0.2) is 11.6 Å². The SMILES string of the molecule is COc1cc(CN2CCNCC2)cc(Cl)c1F. The van der Waals surface area contributed by atoms with Crippen molar-refractivity contribution < 1.29 is 9.13 Å². The fraction of sp³-hybridized carbons (Fsp3) is 0.500. The van der Waals surface area contributed by atoms with Gasteiger partial charge >= 0.3 is 0 Å². The molecule has 0 amide bonds. The Labute approximate surface area is 106 Å². The van der Waals surface area contributed by atoms with Crippen LogP contribution in [0.4, 0.5) is 4.39 Å². The van der Waals surface area contributed by atoms with Gasteiger partial charge in [-0.2, -0.15) is 0 Å². The third kappa shape index (κ3) is 3.09. The van der Waals surface area contributed by atoms with Gasteiger partial charge in [0.05, 0.1) is 12.1 Å². The van der Waals surface area contributed by atoms with Crippen LogP contribution in [0, 0.1) is 5.82 Å². The summed E-state index contributed by atoms with van der Waals surface area (Å²) in [6, 6.07) is 3.38. The van der Waals surface area contributed by atoms with Crippen molar-refractivity contribution >= 4 is 11.6 Å². The topological polar surface area (TPSA) is 24.5 Å². The van der Waals surface area contributed by atoms with Gasteiger partial charge in [-0.05, 0) is 17.7 Å². The van der Waals surface area contributed by atoms with Crippen molar-refractivity contribution in [1.82, 2.24) is 10.2 Å². The zero-order valence-electron chi connectivity index (χ0n) is 9.80. The third-order valence-electron chi connectivity index (χ3n) is 2.89. The summed E-state index contributed by atoms with van der Waals surface area (Å²) in [6.07, 6.45) is 0. The highest BCUT2D eigenvalue weighted by Gasteiger charge is 2.14. The Morgan fingerprint density at radius 1 is 1.41 bits per heavy atom. The fourth-order valence-corrected chi connectivity index (χ4v) is 2.22. The molecule has 1 aromatic rings. The summed E-state index contributed by atoms with van der Waals surface area (Å²) in [4.78, 5) is 2.31. The summed E-state index contributed by atoms with van der Waals surface area (Å²) >= 11 is 5.83. The average molecular weight is 259 g/mol. The smallest absolute Gasteiger partial charge is 0.183 e. The van der Waals surface area contributed by atoms with E-state index in [0.717, 1.165) is 38.3 Å². The number of nitrogens with one attached hydrogen (secondary N) is 1. The van der Waals surface area contributed by atoms with Gasteiger partial charge in [0, 0.05) is 32.7 Å². The van der Waals surface area contributed by atoms with Crippen LogP contribution < -0.4 is 10.1 Å². The second kappa shape index (κ2) is 5.67.